The summed E-state index contributed by atoms with van der Waals surface area (Å²) in [6.07, 6.45) is 8.02. The Kier molecular flexibility index (Phi) is 6.23. The molecular formula is C33H35IN2. The lowest BCUT2D eigenvalue weighted by Gasteiger charge is -2.13. The second-order valence-corrected chi connectivity index (χ2v) is 11.8. The van der Waals surface area contributed by atoms with Crippen LogP contribution in [0.1, 0.15) is 64.0 Å². The number of fused-ring (bicyclic) bond motifs is 9. The molecule has 6 rings (SSSR count). The third-order valence-corrected chi connectivity index (χ3v) is 9.50. The highest BCUT2D eigenvalue weighted by Crippen LogP contribution is 2.39. The fraction of sp³-hybridized carbons (Fsp3) is 0.333. The number of hydrogen-bond acceptors (Lipinski definition) is 0. The predicted molar refractivity (Wildman–Crippen MR) is 166 cm³/mol. The van der Waals surface area contributed by atoms with Gasteiger partial charge < -0.3 is 9.13 Å². The van der Waals surface area contributed by atoms with E-state index >= 15 is 0 Å². The Morgan fingerprint density at radius 2 is 1.08 bits per heavy atom. The van der Waals surface area contributed by atoms with Crippen LogP contribution in [-0.4, -0.2) is 9.13 Å². The highest BCUT2D eigenvalue weighted by molar-refractivity contribution is 14.1. The van der Waals surface area contributed by atoms with Gasteiger partial charge in [-0.05, 0) is 91.5 Å². The molecule has 0 radical (unpaired) electrons. The number of unbranched alkanes of at least 4 members (excludes halogenated alkanes) is 4. The van der Waals surface area contributed by atoms with Crippen LogP contribution in [0, 0.1) is 3.70 Å². The van der Waals surface area contributed by atoms with E-state index in [1.54, 1.807) is 0 Å². The quantitative estimate of drug-likeness (QED) is 0.100. The average molecular weight is 587 g/mol. The zero-order chi connectivity index (χ0) is 25.0. The number of hydrogen-bond donors (Lipinski definition) is 0. The number of aryl methyl sites for hydroxylation is 2. The van der Waals surface area contributed by atoms with E-state index in [4.69, 9.17) is 0 Å². The fourth-order valence-corrected chi connectivity index (χ4v) is 6.91. The number of halogens is 1. The van der Waals surface area contributed by atoms with Gasteiger partial charge in [0.1, 0.15) is 0 Å². The first-order chi connectivity index (χ1) is 17.5. The lowest BCUT2D eigenvalue weighted by molar-refractivity contribution is 0.552. The van der Waals surface area contributed by atoms with Crippen LogP contribution in [0.2, 0.25) is 0 Å². The van der Waals surface area contributed by atoms with E-state index in [1.165, 1.54) is 102 Å². The van der Waals surface area contributed by atoms with Crippen LogP contribution in [-0.2, 0) is 14.1 Å². The van der Waals surface area contributed by atoms with E-state index in [0.29, 0.717) is 5.92 Å². The molecule has 2 heterocycles. The summed E-state index contributed by atoms with van der Waals surface area (Å²) in [7, 11) is 4.40. The molecule has 6 aromatic rings. The molecule has 0 fully saturated rings. The molecule has 0 aliphatic carbocycles. The van der Waals surface area contributed by atoms with Gasteiger partial charge in [0.2, 0.25) is 0 Å². The van der Waals surface area contributed by atoms with Crippen LogP contribution in [0.15, 0.2) is 60.7 Å². The first kappa shape index (κ1) is 23.8. The summed E-state index contributed by atoms with van der Waals surface area (Å²) in [5, 5.41) is 10.8. The minimum atomic E-state index is 0.583. The normalized spacial score (nSPS) is 13.1. The van der Waals surface area contributed by atoms with Crippen molar-refractivity contribution in [1.82, 2.24) is 9.13 Å². The minimum Gasteiger partial charge on any atom is -0.347 e. The van der Waals surface area contributed by atoms with Gasteiger partial charge in [0.25, 0.3) is 0 Å². The summed E-state index contributed by atoms with van der Waals surface area (Å²) in [6, 6.07) is 23.4. The van der Waals surface area contributed by atoms with Gasteiger partial charge in [-0.15, -0.1) is 0 Å². The standard InChI is InChI=1S/C33H35IN2/c1-5-6-7-8-9-10-21(2)32-19-28-26-13-11-23-22(24(26)15-17-30(28)35(32)3)12-14-27-25(23)16-18-31-29(27)20-33(34)36(31)4/h11-21H,5-10H2,1-4H3. The Bertz CT molecular complexity index is 1750. The zero-order valence-electron chi connectivity index (χ0n) is 21.9. The first-order valence-corrected chi connectivity index (χ1v) is 14.6. The highest BCUT2D eigenvalue weighted by Gasteiger charge is 2.16. The van der Waals surface area contributed by atoms with Gasteiger partial charge in [0.05, 0.1) is 3.70 Å². The lowest BCUT2D eigenvalue weighted by atomic mass is 9.94. The Labute approximate surface area is 227 Å². The smallest absolute Gasteiger partial charge is 0.0806 e. The Balaban J connectivity index is 1.46. The van der Waals surface area contributed by atoms with Gasteiger partial charge in [0, 0.05) is 41.6 Å². The second kappa shape index (κ2) is 9.41. The summed E-state index contributed by atoms with van der Waals surface area (Å²) >= 11 is 2.43. The largest absolute Gasteiger partial charge is 0.347 e. The maximum absolute atomic E-state index is 2.47. The van der Waals surface area contributed by atoms with Crippen LogP contribution >= 0.6 is 22.6 Å². The van der Waals surface area contributed by atoms with Crippen molar-refractivity contribution >= 4 is 76.7 Å². The monoisotopic (exact) mass is 586 g/mol. The molecule has 3 heteroatoms. The van der Waals surface area contributed by atoms with Crippen molar-refractivity contribution in [2.75, 3.05) is 0 Å². The molecule has 0 saturated heterocycles. The van der Waals surface area contributed by atoms with Crippen LogP contribution in [0.3, 0.4) is 0 Å². The highest BCUT2D eigenvalue weighted by atomic mass is 127. The number of nitrogens with zero attached hydrogens (tertiary/aromatic N) is 2. The van der Waals surface area contributed by atoms with Crippen LogP contribution < -0.4 is 0 Å². The third kappa shape index (κ3) is 3.73. The number of benzene rings is 4. The van der Waals surface area contributed by atoms with Crippen LogP contribution in [0.5, 0.6) is 0 Å². The molecule has 0 N–H and O–H groups in total. The van der Waals surface area contributed by atoms with Crippen molar-refractivity contribution in [2.24, 2.45) is 14.1 Å². The van der Waals surface area contributed by atoms with Crippen molar-refractivity contribution in [2.45, 2.75) is 58.3 Å². The minimum absolute atomic E-state index is 0.583. The molecule has 0 bridgehead atoms. The molecule has 0 aliphatic heterocycles. The molecule has 4 aromatic carbocycles. The summed E-state index contributed by atoms with van der Waals surface area (Å²) in [4.78, 5) is 0. The predicted octanol–water partition coefficient (Wildman–Crippen LogP) is 10.2. The van der Waals surface area contributed by atoms with E-state index < -0.39 is 0 Å². The average Bonchev–Trinajstić information content (AvgIpc) is 3.39. The molecule has 0 aliphatic rings. The van der Waals surface area contributed by atoms with Crippen molar-refractivity contribution in [1.29, 1.82) is 0 Å². The van der Waals surface area contributed by atoms with E-state index in [0.717, 1.165) is 0 Å². The molecule has 2 nitrogen and oxygen atoms in total. The molecule has 1 unspecified atom stereocenters. The maximum atomic E-state index is 2.47. The van der Waals surface area contributed by atoms with Gasteiger partial charge in [-0.1, -0.05) is 82.3 Å². The summed E-state index contributed by atoms with van der Waals surface area (Å²) in [5.41, 5.74) is 4.11. The van der Waals surface area contributed by atoms with Crippen molar-refractivity contribution in [3.8, 4) is 0 Å². The summed E-state index contributed by atoms with van der Waals surface area (Å²) < 4.78 is 5.98. The summed E-state index contributed by atoms with van der Waals surface area (Å²) in [5.74, 6) is 0.583. The number of rotatable bonds is 7. The van der Waals surface area contributed by atoms with Gasteiger partial charge in [-0.25, -0.2) is 0 Å². The first-order valence-electron chi connectivity index (χ1n) is 13.5. The van der Waals surface area contributed by atoms with Crippen molar-refractivity contribution < 1.29 is 0 Å². The molecule has 2 aromatic heterocycles. The zero-order valence-corrected chi connectivity index (χ0v) is 24.0. The Morgan fingerprint density at radius 1 is 0.611 bits per heavy atom. The van der Waals surface area contributed by atoms with Gasteiger partial charge in [-0.3, -0.25) is 0 Å². The topological polar surface area (TPSA) is 9.86 Å². The number of aromatic nitrogens is 2. The van der Waals surface area contributed by atoms with E-state index in [9.17, 15) is 0 Å². The summed E-state index contributed by atoms with van der Waals surface area (Å²) in [6.45, 7) is 4.69. The molecule has 0 amide bonds. The Hall–Kier alpha value is -2.53. The molecule has 0 spiro atoms. The fourth-order valence-electron chi connectivity index (χ4n) is 6.34. The second-order valence-electron chi connectivity index (χ2n) is 10.7. The third-order valence-electron chi connectivity index (χ3n) is 8.46. The van der Waals surface area contributed by atoms with E-state index in [1.807, 2.05) is 0 Å². The van der Waals surface area contributed by atoms with Gasteiger partial charge >= 0.3 is 0 Å². The molecular weight excluding hydrogens is 551 g/mol. The van der Waals surface area contributed by atoms with Crippen molar-refractivity contribution in [3.63, 3.8) is 0 Å². The molecule has 36 heavy (non-hydrogen) atoms. The molecule has 184 valence electrons. The van der Waals surface area contributed by atoms with Crippen LogP contribution in [0.25, 0.3) is 54.1 Å². The molecule has 0 saturated carbocycles. The van der Waals surface area contributed by atoms with Gasteiger partial charge in [-0.2, -0.15) is 0 Å². The van der Waals surface area contributed by atoms with E-state index in [-0.39, 0.29) is 0 Å². The van der Waals surface area contributed by atoms with E-state index in [2.05, 4.69) is 120 Å². The Morgan fingerprint density at radius 3 is 1.67 bits per heavy atom. The lowest BCUT2D eigenvalue weighted by Crippen LogP contribution is -2.01. The van der Waals surface area contributed by atoms with Crippen molar-refractivity contribution in [3.05, 3.63) is 70.1 Å². The van der Waals surface area contributed by atoms with Gasteiger partial charge in [0.15, 0.2) is 0 Å². The molecule has 1 atom stereocenters. The van der Waals surface area contributed by atoms with Crippen LogP contribution in [0.4, 0.5) is 0 Å². The SMILES string of the molecule is CCCCCCCC(C)c1cc2c3ccc4c(ccc5c4ccc4c5cc(I)n4C)c3ccc2n1C. The maximum Gasteiger partial charge on any atom is 0.0806 e.